The molecule has 3 heterocycles. The molecule has 0 saturated heterocycles. The Balaban J connectivity index is 1.87. The highest BCUT2D eigenvalue weighted by Crippen LogP contribution is 2.43. The highest BCUT2D eigenvalue weighted by atomic mass is 19.1. The van der Waals surface area contributed by atoms with Crippen LogP contribution in [0.25, 0.3) is 21.9 Å². The number of carboxylic acids is 1. The normalized spacial score (nSPS) is 17.8. The van der Waals surface area contributed by atoms with Gasteiger partial charge in [0.25, 0.3) is 5.56 Å². The summed E-state index contributed by atoms with van der Waals surface area (Å²) in [6.45, 7) is 7.61. The molecule has 2 atom stereocenters. The maximum atomic E-state index is 15.5. The van der Waals surface area contributed by atoms with Crippen molar-refractivity contribution < 1.29 is 23.8 Å². The molecular formula is C30H34FN3O5. The molecule has 0 radical (unpaired) electrons. The Morgan fingerprint density at radius 2 is 1.97 bits per heavy atom. The number of nitrogens with zero attached hydrogens (tertiary/aromatic N) is 3. The van der Waals surface area contributed by atoms with Crippen LogP contribution in [0.4, 0.5) is 4.39 Å². The average Bonchev–Trinajstić information content (AvgIpc) is 3.32. The van der Waals surface area contributed by atoms with E-state index in [0.717, 1.165) is 23.1 Å². The lowest BCUT2D eigenvalue weighted by Gasteiger charge is -2.30. The number of hydrogen-bond donors (Lipinski definition) is 1. The lowest BCUT2D eigenvalue weighted by Crippen LogP contribution is -2.33. The molecule has 39 heavy (non-hydrogen) atoms. The number of carboxylic acid groups (broad SMARTS) is 1. The van der Waals surface area contributed by atoms with Crippen LogP contribution in [-0.2, 0) is 23.0 Å². The van der Waals surface area contributed by atoms with E-state index in [-0.39, 0.29) is 23.0 Å². The minimum atomic E-state index is -1.47. The molecule has 3 aromatic rings. The van der Waals surface area contributed by atoms with Crippen molar-refractivity contribution in [2.24, 2.45) is 12.1 Å². The predicted molar refractivity (Wildman–Crippen MR) is 148 cm³/mol. The molecule has 2 aromatic carbocycles. The van der Waals surface area contributed by atoms with Gasteiger partial charge >= 0.3 is 5.97 Å². The summed E-state index contributed by atoms with van der Waals surface area (Å²) in [5.74, 6) is -1.50. The number of aliphatic carboxylic acids is 1. The summed E-state index contributed by atoms with van der Waals surface area (Å²) >= 11 is 0. The number of rotatable bonds is 5. The lowest BCUT2D eigenvalue weighted by atomic mass is 9.87. The Morgan fingerprint density at radius 1 is 1.23 bits per heavy atom. The molecule has 0 aliphatic carbocycles. The molecule has 9 heteroatoms. The number of carbonyl (C=O) groups is 1. The van der Waals surface area contributed by atoms with E-state index in [4.69, 9.17) is 9.47 Å². The van der Waals surface area contributed by atoms with Gasteiger partial charge in [0.05, 0.1) is 23.9 Å². The van der Waals surface area contributed by atoms with Gasteiger partial charge in [0.2, 0.25) is 0 Å². The topological polar surface area (TPSA) is 93.4 Å². The van der Waals surface area contributed by atoms with Crippen LogP contribution in [0.3, 0.4) is 0 Å². The second-order valence-electron chi connectivity index (χ2n) is 11.3. The van der Waals surface area contributed by atoms with Gasteiger partial charge in [-0.25, -0.2) is 9.18 Å². The molecule has 0 bridgehead atoms. The third-order valence-corrected chi connectivity index (χ3v) is 7.54. The van der Waals surface area contributed by atoms with Crippen molar-refractivity contribution in [3.8, 4) is 16.9 Å². The molecule has 2 aliphatic rings. The van der Waals surface area contributed by atoms with Crippen LogP contribution in [0.2, 0.25) is 0 Å². The summed E-state index contributed by atoms with van der Waals surface area (Å²) in [5, 5.41) is 17.5. The van der Waals surface area contributed by atoms with Crippen LogP contribution < -0.4 is 10.3 Å². The molecule has 2 aliphatic heterocycles. The summed E-state index contributed by atoms with van der Waals surface area (Å²) < 4.78 is 28.5. The monoisotopic (exact) mass is 535 g/mol. The molecular weight excluding hydrogens is 501 g/mol. The number of hydrazone groups is 1. The maximum absolute atomic E-state index is 15.5. The van der Waals surface area contributed by atoms with Gasteiger partial charge in [-0.05, 0) is 74.7 Å². The first-order valence-corrected chi connectivity index (χ1v) is 13.2. The zero-order valence-corrected chi connectivity index (χ0v) is 23.2. The summed E-state index contributed by atoms with van der Waals surface area (Å²) in [4.78, 5) is 26.5. The minimum Gasteiger partial charge on any atom is -0.490 e. The second kappa shape index (κ2) is 9.79. The second-order valence-corrected chi connectivity index (χ2v) is 11.3. The smallest absolute Gasteiger partial charge is 0.339 e. The Kier molecular flexibility index (Phi) is 6.74. The van der Waals surface area contributed by atoms with Crippen molar-refractivity contribution >= 4 is 23.0 Å². The molecule has 1 aromatic heterocycles. The molecule has 206 valence electrons. The number of hydrogen-bond acceptors (Lipinski definition) is 6. The van der Waals surface area contributed by atoms with Crippen LogP contribution in [0.5, 0.6) is 5.75 Å². The summed E-state index contributed by atoms with van der Waals surface area (Å²) in [7, 11) is 3.43. The summed E-state index contributed by atoms with van der Waals surface area (Å²) in [6, 6.07) is 6.98. The predicted octanol–water partition coefficient (Wildman–Crippen LogP) is 5.28. The molecule has 0 saturated carbocycles. The number of halogens is 1. The van der Waals surface area contributed by atoms with E-state index in [1.165, 1.54) is 10.6 Å². The molecule has 0 fully saturated rings. The highest BCUT2D eigenvalue weighted by Gasteiger charge is 2.34. The van der Waals surface area contributed by atoms with E-state index in [9.17, 15) is 14.7 Å². The molecule has 1 N–H and O–H groups in total. The molecule has 0 amide bonds. The third kappa shape index (κ3) is 4.69. The number of ether oxygens (including phenoxy) is 2. The van der Waals surface area contributed by atoms with Crippen molar-refractivity contribution in [1.29, 1.82) is 0 Å². The standard InChI is InChI=1S/C30H34FN3O5/c1-16-18-8-7-13-38-26(18)22(31)15-20(16)24-19-10-9-17(23-11-12-32-34(23)6)14-21(19)28(35)33(5)25(24)27(29(36)37)39-30(2,3)4/h9-10,12,14-15,23,27H,7-8,11,13H2,1-6H3,(H,36,37)/t23?,27-/m0/s1. The van der Waals surface area contributed by atoms with Gasteiger partial charge in [0.15, 0.2) is 17.7 Å². The fraction of sp³-hybridized carbons (Fsp3) is 0.433. The van der Waals surface area contributed by atoms with Gasteiger partial charge in [0.1, 0.15) is 0 Å². The van der Waals surface area contributed by atoms with Gasteiger partial charge in [-0.3, -0.25) is 9.80 Å². The molecule has 0 spiro atoms. The van der Waals surface area contributed by atoms with E-state index in [1.807, 2.05) is 43.4 Å². The Morgan fingerprint density at radius 3 is 2.62 bits per heavy atom. The van der Waals surface area contributed by atoms with Crippen LogP contribution in [0.15, 0.2) is 34.2 Å². The summed E-state index contributed by atoms with van der Waals surface area (Å²) in [5.41, 5.74) is 2.45. The number of fused-ring (bicyclic) bond motifs is 2. The van der Waals surface area contributed by atoms with Gasteiger partial charge in [-0.2, -0.15) is 5.10 Å². The van der Waals surface area contributed by atoms with Gasteiger partial charge < -0.3 is 19.1 Å². The molecule has 1 unspecified atom stereocenters. The molecule has 5 rings (SSSR count). The summed E-state index contributed by atoms with van der Waals surface area (Å²) in [6.07, 6.45) is 2.48. The number of pyridine rings is 1. The van der Waals surface area contributed by atoms with E-state index in [1.54, 1.807) is 27.8 Å². The van der Waals surface area contributed by atoms with E-state index in [0.29, 0.717) is 41.3 Å². The quantitative estimate of drug-likeness (QED) is 0.478. The maximum Gasteiger partial charge on any atom is 0.339 e. The zero-order chi connectivity index (χ0) is 28.2. The van der Waals surface area contributed by atoms with Gasteiger partial charge in [0, 0.05) is 43.2 Å². The van der Waals surface area contributed by atoms with Crippen molar-refractivity contribution in [2.75, 3.05) is 13.7 Å². The van der Waals surface area contributed by atoms with Gasteiger partial charge in [-0.15, -0.1) is 0 Å². The Labute approximate surface area is 226 Å². The first-order valence-electron chi connectivity index (χ1n) is 13.2. The lowest BCUT2D eigenvalue weighted by molar-refractivity contribution is -0.161. The van der Waals surface area contributed by atoms with E-state index < -0.39 is 23.5 Å². The van der Waals surface area contributed by atoms with Crippen LogP contribution in [0.1, 0.15) is 68.1 Å². The first kappa shape index (κ1) is 26.9. The molecule has 8 nitrogen and oxygen atoms in total. The third-order valence-electron chi connectivity index (χ3n) is 7.54. The van der Waals surface area contributed by atoms with Crippen molar-refractivity contribution in [1.82, 2.24) is 9.58 Å². The van der Waals surface area contributed by atoms with Crippen molar-refractivity contribution in [3.05, 3.63) is 62.8 Å². The van der Waals surface area contributed by atoms with Crippen molar-refractivity contribution in [2.45, 2.75) is 64.7 Å². The zero-order valence-electron chi connectivity index (χ0n) is 23.2. The van der Waals surface area contributed by atoms with Crippen LogP contribution in [0, 0.1) is 12.7 Å². The Hall–Kier alpha value is -3.72. The highest BCUT2D eigenvalue weighted by molar-refractivity contribution is 6.00. The van der Waals surface area contributed by atoms with E-state index in [2.05, 4.69) is 5.10 Å². The van der Waals surface area contributed by atoms with E-state index >= 15 is 4.39 Å². The average molecular weight is 536 g/mol. The largest absolute Gasteiger partial charge is 0.490 e. The van der Waals surface area contributed by atoms with Gasteiger partial charge in [-0.1, -0.05) is 12.1 Å². The van der Waals surface area contributed by atoms with Crippen LogP contribution in [-0.4, -0.2) is 46.1 Å². The van der Waals surface area contributed by atoms with Crippen LogP contribution >= 0.6 is 0 Å². The fourth-order valence-corrected chi connectivity index (χ4v) is 5.70. The Bertz CT molecular complexity index is 1570. The number of aromatic nitrogens is 1. The number of benzene rings is 2. The SMILES string of the molecule is Cc1c(-c2c([C@H](OC(C)(C)C)C(=O)O)n(C)c(=O)c3cc(C4CC=NN4C)ccc23)cc(F)c2c1CCCO2. The van der Waals surface area contributed by atoms with Crippen molar-refractivity contribution in [3.63, 3.8) is 0 Å². The first-order chi connectivity index (χ1) is 18.4. The minimum absolute atomic E-state index is 0.0155. The fourth-order valence-electron chi connectivity index (χ4n) is 5.70.